The Hall–Kier alpha value is -1.48. The Labute approximate surface area is 183 Å². The van der Waals surface area contributed by atoms with Gasteiger partial charge in [0.05, 0.1) is 11.5 Å². The highest BCUT2D eigenvalue weighted by molar-refractivity contribution is 14.0. The van der Waals surface area contributed by atoms with Gasteiger partial charge in [0, 0.05) is 26.2 Å². The summed E-state index contributed by atoms with van der Waals surface area (Å²) in [7, 11) is 1.82. The molecule has 1 aromatic carbocycles. The van der Waals surface area contributed by atoms with Crippen LogP contribution in [0.4, 0.5) is 5.00 Å². The highest BCUT2D eigenvalue weighted by Crippen LogP contribution is 2.24. The van der Waals surface area contributed by atoms with E-state index in [1.165, 1.54) is 10.6 Å². The summed E-state index contributed by atoms with van der Waals surface area (Å²) in [5.74, 6) is 1.76. The Morgan fingerprint density at radius 2 is 1.96 bits per heavy atom. The number of hydrogen-bond donors (Lipinski definition) is 2. The largest absolute Gasteiger partial charge is 0.492 e. The third kappa shape index (κ3) is 6.88. The number of benzene rings is 1. The van der Waals surface area contributed by atoms with Gasteiger partial charge in [-0.2, -0.15) is 0 Å². The van der Waals surface area contributed by atoms with Crippen molar-refractivity contribution in [1.82, 2.24) is 10.6 Å². The molecule has 1 fully saturated rings. The molecule has 1 aliphatic heterocycles. The van der Waals surface area contributed by atoms with E-state index < -0.39 is 0 Å². The monoisotopic (exact) mass is 500 g/mol. The zero-order valence-corrected chi connectivity index (χ0v) is 19.1. The molecule has 1 aromatic heterocycles. The third-order valence-electron chi connectivity index (χ3n) is 4.56. The predicted molar refractivity (Wildman–Crippen MR) is 126 cm³/mol. The number of halogens is 1. The molecule has 7 heteroatoms. The highest BCUT2D eigenvalue weighted by Gasteiger charge is 2.20. The lowest BCUT2D eigenvalue weighted by atomic mass is 10.1. The minimum absolute atomic E-state index is 0. The van der Waals surface area contributed by atoms with Gasteiger partial charge in [0.15, 0.2) is 5.96 Å². The first-order valence-electron chi connectivity index (χ1n) is 9.19. The molecule has 0 atom stereocenters. The Balaban J connectivity index is 0.00000261. The smallest absolute Gasteiger partial charge is 0.191 e. The van der Waals surface area contributed by atoms with Crippen LogP contribution in [0.3, 0.4) is 0 Å². The van der Waals surface area contributed by atoms with Gasteiger partial charge in [0.2, 0.25) is 0 Å². The fraction of sp³-hybridized carbons (Fsp3) is 0.450. The van der Waals surface area contributed by atoms with Crippen LogP contribution in [-0.2, 0) is 0 Å². The van der Waals surface area contributed by atoms with Crippen LogP contribution in [0.15, 0.2) is 46.8 Å². The van der Waals surface area contributed by atoms with Crippen LogP contribution in [0.25, 0.3) is 0 Å². The fourth-order valence-corrected chi connectivity index (χ4v) is 3.84. The number of aliphatic imine (C=N–C) groups is 1. The number of nitrogens with zero attached hydrogens (tertiary/aromatic N) is 2. The van der Waals surface area contributed by atoms with Gasteiger partial charge in [-0.25, -0.2) is 0 Å². The number of thiophene rings is 1. The summed E-state index contributed by atoms with van der Waals surface area (Å²) in [5.41, 5.74) is 1.24. The fourth-order valence-electron chi connectivity index (χ4n) is 3.05. The Morgan fingerprint density at radius 3 is 2.59 bits per heavy atom. The average molecular weight is 500 g/mol. The Bertz CT molecular complexity index is 683. The number of aryl methyl sites for hydroxylation is 1. The molecule has 148 valence electrons. The number of guanidine groups is 1. The standard InChI is InChI=1S/C20H28N4OS.HI/c1-16-5-7-18(8-6-16)25-14-11-22-20(21-2)23-17-9-12-24(13-10-17)19-4-3-15-26-19;/h3-8,15,17H,9-14H2,1-2H3,(H2,21,22,23);1H. The van der Waals surface area contributed by atoms with Crippen LogP contribution in [0.5, 0.6) is 5.75 Å². The molecule has 0 unspecified atom stereocenters. The molecule has 1 aliphatic rings. The average Bonchev–Trinajstić information content (AvgIpc) is 3.21. The number of hydrogen-bond acceptors (Lipinski definition) is 4. The zero-order valence-electron chi connectivity index (χ0n) is 16.0. The SMILES string of the molecule is CN=C(NCCOc1ccc(C)cc1)NC1CCN(c2cccs2)CC1.I. The van der Waals surface area contributed by atoms with E-state index in [4.69, 9.17) is 4.74 Å². The molecule has 2 heterocycles. The maximum Gasteiger partial charge on any atom is 0.191 e. The number of rotatable bonds is 6. The molecule has 0 bridgehead atoms. The van der Waals surface area contributed by atoms with E-state index in [9.17, 15) is 0 Å². The van der Waals surface area contributed by atoms with Crippen molar-refractivity contribution in [2.45, 2.75) is 25.8 Å². The Morgan fingerprint density at radius 1 is 1.22 bits per heavy atom. The molecule has 0 amide bonds. The van der Waals surface area contributed by atoms with E-state index in [1.54, 1.807) is 0 Å². The molecule has 0 aliphatic carbocycles. The van der Waals surface area contributed by atoms with Gasteiger partial charge in [-0.05, 0) is 49.4 Å². The lowest BCUT2D eigenvalue weighted by molar-refractivity contribution is 0.321. The Kier molecular flexibility index (Phi) is 9.20. The molecule has 0 radical (unpaired) electrons. The van der Waals surface area contributed by atoms with Crippen molar-refractivity contribution in [3.8, 4) is 5.75 Å². The number of nitrogens with one attached hydrogen (secondary N) is 2. The van der Waals surface area contributed by atoms with Crippen molar-refractivity contribution in [3.05, 3.63) is 47.3 Å². The molecule has 1 saturated heterocycles. The van der Waals surface area contributed by atoms with E-state index in [0.717, 1.165) is 44.2 Å². The van der Waals surface area contributed by atoms with Gasteiger partial charge in [-0.1, -0.05) is 17.7 Å². The van der Waals surface area contributed by atoms with Gasteiger partial charge in [0.25, 0.3) is 0 Å². The van der Waals surface area contributed by atoms with Gasteiger partial charge in [0.1, 0.15) is 12.4 Å². The summed E-state index contributed by atoms with van der Waals surface area (Å²) in [4.78, 5) is 6.80. The summed E-state index contributed by atoms with van der Waals surface area (Å²) in [6, 6.07) is 12.9. The molecule has 0 saturated carbocycles. The summed E-state index contributed by atoms with van der Waals surface area (Å²) in [6.07, 6.45) is 2.25. The van der Waals surface area contributed by atoms with Crippen molar-refractivity contribution in [2.24, 2.45) is 4.99 Å². The van der Waals surface area contributed by atoms with Gasteiger partial charge in [-0.3, -0.25) is 4.99 Å². The van der Waals surface area contributed by atoms with Crippen LogP contribution in [0.2, 0.25) is 0 Å². The van der Waals surface area contributed by atoms with Crippen molar-refractivity contribution < 1.29 is 4.74 Å². The van der Waals surface area contributed by atoms with Crippen molar-refractivity contribution in [3.63, 3.8) is 0 Å². The highest BCUT2D eigenvalue weighted by atomic mass is 127. The zero-order chi connectivity index (χ0) is 18.2. The second-order valence-electron chi connectivity index (χ2n) is 6.52. The lowest BCUT2D eigenvalue weighted by Gasteiger charge is -2.33. The third-order valence-corrected chi connectivity index (χ3v) is 5.49. The second kappa shape index (κ2) is 11.4. The first-order chi connectivity index (χ1) is 12.7. The maximum atomic E-state index is 5.75. The summed E-state index contributed by atoms with van der Waals surface area (Å²) < 4.78 is 5.75. The molecule has 2 aromatic rings. The van der Waals surface area contributed by atoms with Crippen molar-refractivity contribution >= 4 is 46.3 Å². The number of ether oxygens (including phenoxy) is 1. The molecule has 3 rings (SSSR count). The molecule has 27 heavy (non-hydrogen) atoms. The van der Waals surface area contributed by atoms with Crippen LogP contribution in [0.1, 0.15) is 18.4 Å². The van der Waals surface area contributed by atoms with E-state index in [-0.39, 0.29) is 24.0 Å². The minimum atomic E-state index is 0. The van der Waals surface area contributed by atoms with E-state index in [1.807, 2.05) is 30.5 Å². The van der Waals surface area contributed by atoms with Crippen LogP contribution >= 0.6 is 35.3 Å². The van der Waals surface area contributed by atoms with Gasteiger partial charge >= 0.3 is 0 Å². The summed E-state index contributed by atoms with van der Waals surface area (Å²) >= 11 is 1.82. The maximum absolute atomic E-state index is 5.75. The first-order valence-corrected chi connectivity index (χ1v) is 10.1. The predicted octanol–water partition coefficient (Wildman–Crippen LogP) is 3.89. The first kappa shape index (κ1) is 21.8. The molecular weight excluding hydrogens is 471 g/mol. The lowest BCUT2D eigenvalue weighted by Crippen LogP contribution is -2.49. The van der Waals surface area contributed by atoms with Crippen molar-refractivity contribution in [1.29, 1.82) is 0 Å². The quantitative estimate of drug-likeness (QED) is 0.274. The van der Waals surface area contributed by atoms with Gasteiger partial charge in [-0.15, -0.1) is 35.3 Å². The topological polar surface area (TPSA) is 48.9 Å². The van der Waals surface area contributed by atoms with Crippen LogP contribution < -0.4 is 20.3 Å². The minimum Gasteiger partial charge on any atom is -0.492 e. The molecule has 2 N–H and O–H groups in total. The summed E-state index contributed by atoms with van der Waals surface area (Å²) in [6.45, 7) is 5.59. The van der Waals surface area contributed by atoms with Crippen LogP contribution in [-0.4, -0.2) is 45.3 Å². The molecule has 0 spiro atoms. The van der Waals surface area contributed by atoms with E-state index >= 15 is 0 Å². The number of anilines is 1. The normalized spacial score (nSPS) is 15.2. The van der Waals surface area contributed by atoms with Gasteiger partial charge < -0.3 is 20.3 Å². The molecule has 5 nitrogen and oxygen atoms in total. The van der Waals surface area contributed by atoms with E-state index in [0.29, 0.717) is 12.6 Å². The van der Waals surface area contributed by atoms with Crippen LogP contribution in [0, 0.1) is 6.92 Å². The van der Waals surface area contributed by atoms with E-state index in [2.05, 4.69) is 57.1 Å². The summed E-state index contributed by atoms with van der Waals surface area (Å²) in [5, 5.41) is 10.4. The van der Waals surface area contributed by atoms with Crippen molar-refractivity contribution in [2.75, 3.05) is 38.2 Å². The second-order valence-corrected chi connectivity index (χ2v) is 7.44. The number of piperidine rings is 1. The molecular formula is C20H29IN4OS.